The first-order chi connectivity index (χ1) is 4.16. The van der Waals surface area contributed by atoms with Crippen molar-refractivity contribution in [2.45, 2.75) is 6.92 Å². The van der Waals surface area contributed by atoms with Gasteiger partial charge in [-0.05, 0) is 19.2 Å². The first-order valence-corrected chi connectivity index (χ1v) is 3.36. The maximum absolute atomic E-state index is 3.64. The third kappa shape index (κ3) is 5.37. The highest BCUT2D eigenvalue weighted by Gasteiger charge is 1.81. The van der Waals surface area contributed by atoms with Gasteiger partial charge in [0.2, 0.25) is 0 Å². The van der Waals surface area contributed by atoms with Crippen LogP contribution >= 0.6 is 15.9 Å². The van der Waals surface area contributed by atoms with Gasteiger partial charge in [0.1, 0.15) is 0 Å². The predicted molar refractivity (Wildman–Crippen MR) is 45.2 cm³/mol. The Hall–Kier alpha value is -0.500. The van der Waals surface area contributed by atoms with Gasteiger partial charge >= 0.3 is 0 Å². The number of hydrogen-bond donors (Lipinski definition) is 1. The van der Waals surface area contributed by atoms with Crippen LogP contribution in [-0.4, -0.2) is 0 Å². The Morgan fingerprint density at radius 1 is 1.67 bits per heavy atom. The lowest BCUT2D eigenvalue weighted by Crippen LogP contribution is -1.98. The Balaban J connectivity index is 3.83. The molecule has 1 N–H and O–H groups in total. The lowest BCUT2D eigenvalue weighted by atomic mass is 10.4. The van der Waals surface area contributed by atoms with Gasteiger partial charge in [-0.25, -0.2) is 0 Å². The van der Waals surface area contributed by atoms with Gasteiger partial charge in [0.15, 0.2) is 0 Å². The van der Waals surface area contributed by atoms with Gasteiger partial charge in [-0.1, -0.05) is 29.1 Å². The summed E-state index contributed by atoms with van der Waals surface area (Å²) in [7, 11) is 0. The molecule has 0 aliphatic heterocycles. The van der Waals surface area contributed by atoms with Crippen LogP contribution in [0.2, 0.25) is 0 Å². The Morgan fingerprint density at radius 2 is 2.22 bits per heavy atom. The van der Waals surface area contributed by atoms with Crippen molar-refractivity contribution >= 4 is 15.9 Å². The van der Waals surface area contributed by atoms with E-state index in [0.29, 0.717) is 0 Å². The molecule has 0 spiro atoms. The quantitative estimate of drug-likeness (QED) is 0.671. The third-order valence-corrected chi connectivity index (χ3v) is 0.932. The molecule has 0 fully saturated rings. The molecule has 0 atom stereocenters. The smallest absolute Gasteiger partial charge is 0.0125 e. The first kappa shape index (κ1) is 8.50. The molecule has 0 radical (unpaired) electrons. The Labute approximate surface area is 64.3 Å². The highest BCUT2D eigenvalue weighted by molar-refractivity contribution is 9.11. The van der Waals surface area contributed by atoms with Gasteiger partial charge in [-0.15, -0.1) is 0 Å². The summed E-state index contributed by atoms with van der Waals surface area (Å²) in [6.07, 6.45) is 3.50. The topological polar surface area (TPSA) is 12.0 Å². The van der Waals surface area contributed by atoms with E-state index >= 15 is 0 Å². The zero-order valence-corrected chi connectivity index (χ0v) is 7.03. The SMILES string of the molecule is C=CN/C(C)=C/C(=C)Br. The normalized spacial score (nSPS) is 10.7. The van der Waals surface area contributed by atoms with Crippen molar-refractivity contribution in [2.24, 2.45) is 0 Å². The standard InChI is InChI=1S/C7H10BrN/c1-4-9-7(3)5-6(2)8/h4-5,9H,1-2H2,3H3/b7-5+. The number of rotatable bonds is 3. The molecule has 0 rings (SSSR count). The Kier molecular flexibility index (Phi) is 4.14. The van der Waals surface area contributed by atoms with Gasteiger partial charge in [0.25, 0.3) is 0 Å². The zero-order valence-electron chi connectivity index (χ0n) is 5.45. The van der Waals surface area contributed by atoms with Crippen LogP contribution in [-0.2, 0) is 0 Å². The summed E-state index contributed by atoms with van der Waals surface area (Å²) in [6, 6.07) is 0. The second-order valence-corrected chi connectivity index (χ2v) is 2.64. The number of allylic oxidation sites excluding steroid dienone is 3. The monoisotopic (exact) mass is 187 g/mol. The highest BCUT2D eigenvalue weighted by Crippen LogP contribution is 2.04. The van der Waals surface area contributed by atoms with E-state index in [4.69, 9.17) is 0 Å². The molecule has 0 amide bonds. The minimum Gasteiger partial charge on any atom is -0.366 e. The summed E-state index contributed by atoms with van der Waals surface area (Å²) in [5.41, 5.74) is 1.02. The highest BCUT2D eigenvalue weighted by atomic mass is 79.9. The summed E-state index contributed by atoms with van der Waals surface area (Å²) in [5.74, 6) is 0. The van der Waals surface area contributed by atoms with Crippen molar-refractivity contribution in [1.82, 2.24) is 5.32 Å². The van der Waals surface area contributed by atoms with Crippen LogP contribution in [0.15, 0.2) is 35.6 Å². The van der Waals surface area contributed by atoms with E-state index in [0.717, 1.165) is 10.2 Å². The largest absolute Gasteiger partial charge is 0.366 e. The molecule has 50 valence electrons. The fourth-order valence-corrected chi connectivity index (χ4v) is 0.781. The molecule has 0 saturated carbocycles. The average molecular weight is 188 g/mol. The maximum Gasteiger partial charge on any atom is 0.0125 e. The van der Waals surface area contributed by atoms with E-state index in [1.54, 1.807) is 6.20 Å². The van der Waals surface area contributed by atoms with E-state index in [-0.39, 0.29) is 0 Å². The van der Waals surface area contributed by atoms with Crippen molar-refractivity contribution in [3.8, 4) is 0 Å². The maximum atomic E-state index is 3.64. The van der Waals surface area contributed by atoms with Gasteiger partial charge in [-0.2, -0.15) is 0 Å². The van der Waals surface area contributed by atoms with Gasteiger partial charge in [0, 0.05) is 10.2 Å². The van der Waals surface area contributed by atoms with Crippen molar-refractivity contribution in [2.75, 3.05) is 0 Å². The van der Waals surface area contributed by atoms with Crippen molar-refractivity contribution < 1.29 is 0 Å². The van der Waals surface area contributed by atoms with Crippen LogP contribution in [0.5, 0.6) is 0 Å². The molecule has 0 heterocycles. The molecular weight excluding hydrogens is 178 g/mol. The molecule has 2 heteroatoms. The number of halogens is 1. The molecule has 0 aromatic rings. The van der Waals surface area contributed by atoms with Crippen molar-refractivity contribution in [3.05, 3.63) is 35.6 Å². The summed E-state index contributed by atoms with van der Waals surface area (Å²) >= 11 is 3.20. The number of nitrogens with one attached hydrogen (secondary N) is 1. The summed E-state index contributed by atoms with van der Waals surface area (Å²) in [5, 5.41) is 2.91. The molecule has 9 heavy (non-hydrogen) atoms. The molecule has 0 aliphatic rings. The van der Waals surface area contributed by atoms with E-state index in [9.17, 15) is 0 Å². The first-order valence-electron chi connectivity index (χ1n) is 2.57. The third-order valence-electron chi connectivity index (χ3n) is 0.703. The Morgan fingerprint density at radius 3 is 2.56 bits per heavy atom. The fraction of sp³-hybridized carbons (Fsp3) is 0.143. The summed E-state index contributed by atoms with van der Waals surface area (Å²) in [4.78, 5) is 0. The Bertz CT molecular complexity index is 147. The van der Waals surface area contributed by atoms with Crippen LogP contribution in [0.4, 0.5) is 0 Å². The van der Waals surface area contributed by atoms with Crippen LogP contribution in [0.1, 0.15) is 6.92 Å². The predicted octanol–water partition coefficient (Wildman–Crippen LogP) is 2.53. The minimum absolute atomic E-state index is 0.856. The van der Waals surface area contributed by atoms with Crippen LogP contribution in [0, 0.1) is 0 Å². The average Bonchev–Trinajstić information content (AvgIpc) is 1.63. The second-order valence-electron chi connectivity index (χ2n) is 1.62. The van der Waals surface area contributed by atoms with Crippen LogP contribution < -0.4 is 5.32 Å². The lowest BCUT2D eigenvalue weighted by Gasteiger charge is -1.96. The van der Waals surface area contributed by atoms with Crippen LogP contribution in [0.3, 0.4) is 0 Å². The van der Waals surface area contributed by atoms with E-state index in [2.05, 4.69) is 34.4 Å². The molecule has 0 saturated heterocycles. The second kappa shape index (κ2) is 4.39. The van der Waals surface area contributed by atoms with Gasteiger partial charge < -0.3 is 5.32 Å². The summed E-state index contributed by atoms with van der Waals surface area (Å²) < 4.78 is 0.856. The van der Waals surface area contributed by atoms with Gasteiger partial charge in [0.05, 0.1) is 0 Å². The molecule has 0 aromatic carbocycles. The van der Waals surface area contributed by atoms with Crippen LogP contribution in [0.25, 0.3) is 0 Å². The minimum atomic E-state index is 0.856. The molecule has 1 nitrogen and oxygen atoms in total. The molecular formula is C7H10BrN. The number of hydrogen-bond acceptors (Lipinski definition) is 1. The molecule has 0 aliphatic carbocycles. The van der Waals surface area contributed by atoms with E-state index in [1.807, 2.05) is 13.0 Å². The summed E-state index contributed by atoms with van der Waals surface area (Å²) in [6.45, 7) is 9.09. The van der Waals surface area contributed by atoms with Crippen molar-refractivity contribution in [1.29, 1.82) is 0 Å². The van der Waals surface area contributed by atoms with Crippen molar-refractivity contribution in [3.63, 3.8) is 0 Å². The lowest BCUT2D eigenvalue weighted by molar-refractivity contribution is 1.06. The zero-order chi connectivity index (χ0) is 7.28. The van der Waals surface area contributed by atoms with E-state index < -0.39 is 0 Å². The fourth-order valence-electron chi connectivity index (χ4n) is 0.438. The molecule has 0 unspecified atom stereocenters. The van der Waals surface area contributed by atoms with Gasteiger partial charge in [-0.3, -0.25) is 0 Å². The molecule has 0 aromatic heterocycles. The van der Waals surface area contributed by atoms with E-state index in [1.165, 1.54) is 0 Å². The molecule has 0 bridgehead atoms.